The number of sulfone groups is 1. The molecule has 2 aromatic rings. The Morgan fingerprint density at radius 2 is 1.74 bits per heavy atom. The molecule has 0 aliphatic carbocycles. The van der Waals surface area contributed by atoms with Crippen molar-refractivity contribution >= 4 is 43.1 Å². The molecule has 0 aliphatic heterocycles. The molecule has 1 aromatic carbocycles. The van der Waals surface area contributed by atoms with E-state index in [-0.39, 0.29) is 28.0 Å². The van der Waals surface area contributed by atoms with Gasteiger partial charge in [0.15, 0.2) is 0 Å². The minimum absolute atomic E-state index is 0.181. The second-order valence-corrected chi connectivity index (χ2v) is 9.03. The van der Waals surface area contributed by atoms with Crippen molar-refractivity contribution in [2.24, 2.45) is 0 Å². The summed E-state index contributed by atoms with van der Waals surface area (Å²) in [6.07, 6.45) is 0.945. The lowest BCUT2D eigenvalue weighted by Crippen LogP contribution is -2.21. The van der Waals surface area contributed by atoms with E-state index < -0.39 is 30.8 Å². The van der Waals surface area contributed by atoms with Crippen LogP contribution >= 0.6 is 23.2 Å². The molecule has 0 saturated heterocycles. The topological polar surface area (TPSA) is 119 Å². The summed E-state index contributed by atoms with van der Waals surface area (Å²) < 4.78 is 53.6. The van der Waals surface area contributed by atoms with Gasteiger partial charge in [-0.1, -0.05) is 34.4 Å². The minimum atomic E-state index is -3.98. The molecule has 23 heavy (non-hydrogen) atoms. The third-order valence-electron chi connectivity index (χ3n) is 2.60. The van der Waals surface area contributed by atoms with Gasteiger partial charge >= 0.3 is 5.22 Å². The molecule has 0 unspecified atom stereocenters. The van der Waals surface area contributed by atoms with Gasteiger partial charge in [0.2, 0.25) is 25.8 Å². The quantitative estimate of drug-likeness (QED) is 0.778. The molecule has 0 amide bonds. The fourth-order valence-corrected chi connectivity index (χ4v) is 3.83. The average molecular weight is 400 g/mol. The first-order valence-electron chi connectivity index (χ1n) is 6.01. The molecule has 0 saturated carbocycles. The van der Waals surface area contributed by atoms with E-state index >= 15 is 0 Å². The number of sulfonamides is 1. The fraction of sp³-hybridized carbons (Fsp3) is 0.273. The Labute approximate surface area is 142 Å². The summed E-state index contributed by atoms with van der Waals surface area (Å²) in [6.45, 7) is -0.311. The maximum Gasteiger partial charge on any atom is 0.335 e. The summed E-state index contributed by atoms with van der Waals surface area (Å²) in [4.78, 5) is 0. The third-order valence-corrected chi connectivity index (χ3v) is 5.34. The number of nitrogens with one attached hydrogen (secondary N) is 1. The molecule has 0 bridgehead atoms. The van der Waals surface area contributed by atoms with Crippen LogP contribution in [0.25, 0.3) is 0 Å². The normalized spacial score (nSPS) is 12.5. The molecule has 0 atom stereocenters. The number of nitrogens with zero attached hydrogens (tertiary/aromatic N) is 2. The van der Waals surface area contributed by atoms with Gasteiger partial charge in [-0.2, -0.15) is 0 Å². The third kappa shape index (κ3) is 4.88. The lowest BCUT2D eigenvalue weighted by atomic mass is 10.2. The number of aromatic nitrogens is 2. The maximum absolute atomic E-state index is 12.3. The highest BCUT2D eigenvalue weighted by atomic mass is 35.5. The Hall–Kier alpha value is -1.20. The van der Waals surface area contributed by atoms with Crippen LogP contribution < -0.4 is 4.72 Å². The Morgan fingerprint density at radius 1 is 1.13 bits per heavy atom. The summed E-state index contributed by atoms with van der Waals surface area (Å²) in [6, 6.07) is 4.60. The van der Waals surface area contributed by atoms with Crippen LogP contribution in [0, 0.1) is 0 Å². The number of hydrogen-bond donors (Lipinski definition) is 1. The monoisotopic (exact) mass is 399 g/mol. The molecule has 8 nitrogen and oxygen atoms in total. The lowest BCUT2D eigenvalue weighted by Gasteiger charge is -2.05. The zero-order chi connectivity index (χ0) is 17.3. The average Bonchev–Trinajstić information content (AvgIpc) is 2.90. The molecular formula is C11H11Cl2N3O5S2. The van der Waals surface area contributed by atoms with Crippen LogP contribution in [-0.2, 0) is 32.2 Å². The van der Waals surface area contributed by atoms with Gasteiger partial charge in [0.05, 0.1) is 18.6 Å². The zero-order valence-corrected chi connectivity index (χ0v) is 14.8. The predicted molar refractivity (Wildman–Crippen MR) is 83.3 cm³/mol. The molecule has 1 heterocycles. The highest BCUT2D eigenvalue weighted by Crippen LogP contribution is 2.28. The molecule has 0 spiro atoms. The molecule has 0 fully saturated rings. The zero-order valence-electron chi connectivity index (χ0n) is 11.7. The highest BCUT2D eigenvalue weighted by molar-refractivity contribution is 7.90. The first-order chi connectivity index (χ1) is 10.6. The van der Waals surface area contributed by atoms with Crippen LogP contribution in [0.2, 0.25) is 10.0 Å². The molecular weight excluding hydrogens is 389 g/mol. The van der Waals surface area contributed by atoms with Crippen LogP contribution in [0.3, 0.4) is 0 Å². The van der Waals surface area contributed by atoms with E-state index in [2.05, 4.69) is 14.9 Å². The van der Waals surface area contributed by atoms with Crippen LogP contribution in [0.4, 0.5) is 0 Å². The Kier molecular flexibility index (Phi) is 5.31. The maximum atomic E-state index is 12.3. The van der Waals surface area contributed by atoms with Gasteiger partial charge < -0.3 is 4.42 Å². The van der Waals surface area contributed by atoms with Crippen molar-refractivity contribution in [2.75, 3.05) is 6.26 Å². The lowest BCUT2D eigenvalue weighted by molar-refractivity contribution is 0.393. The Morgan fingerprint density at radius 3 is 2.30 bits per heavy atom. The van der Waals surface area contributed by atoms with Crippen LogP contribution in [0.15, 0.2) is 27.8 Å². The van der Waals surface area contributed by atoms with E-state index in [4.69, 9.17) is 27.6 Å². The van der Waals surface area contributed by atoms with Gasteiger partial charge in [0.1, 0.15) is 0 Å². The van der Waals surface area contributed by atoms with Crippen molar-refractivity contribution in [3.8, 4) is 0 Å². The van der Waals surface area contributed by atoms with Crippen LogP contribution in [0.1, 0.15) is 11.5 Å². The van der Waals surface area contributed by atoms with Crippen molar-refractivity contribution in [3.63, 3.8) is 0 Å². The molecule has 126 valence electrons. The molecule has 2 rings (SSSR count). The van der Waals surface area contributed by atoms with Crippen molar-refractivity contribution in [1.29, 1.82) is 0 Å². The number of hydrogen-bond acceptors (Lipinski definition) is 7. The largest absolute Gasteiger partial charge is 0.411 e. The van der Waals surface area contributed by atoms with Crippen molar-refractivity contribution < 1.29 is 21.3 Å². The smallest absolute Gasteiger partial charge is 0.335 e. The molecule has 1 N–H and O–H groups in total. The number of halogens is 2. The molecule has 1 aromatic heterocycles. The first-order valence-corrected chi connectivity index (χ1v) is 10.3. The van der Waals surface area contributed by atoms with Gasteiger partial charge in [-0.05, 0) is 12.1 Å². The summed E-state index contributed by atoms with van der Waals surface area (Å²) in [5.74, 6) is -0.702. The van der Waals surface area contributed by atoms with Gasteiger partial charge in [-0.15, -0.1) is 5.10 Å². The Balaban J connectivity index is 2.22. The second-order valence-electron chi connectivity index (χ2n) is 4.51. The molecule has 0 aliphatic rings. The predicted octanol–water partition coefficient (Wildman–Crippen LogP) is 1.40. The van der Waals surface area contributed by atoms with E-state index in [0.29, 0.717) is 0 Å². The summed E-state index contributed by atoms with van der Waals surface area (Å²) in [5, 5.41) is 6.65. The standard InChI is InChI=1S/C11H11Cl2N3O5S2/c1-22(17,18)14-5-10-15-16-11(21-10)23(19,20)6-7-8(12)3-2-4-9(7)13/h2-4,14H,5-6H2,1H3. The van der Waals surface area contributed by atoms with Crippen LogP contribution in [-0.4, -0.2) is 33.3 Å². The van der Waals surface area contributed by atoms with Crippen molar-refractivity contribution in [1.82, 2.24) is 14.9 Å². The SMILES string of the molecule is CS(=O)(=O)NCc1nnc(S(=O)(=O)Cc2c(Cl)cccc2Cl)o1. The Bertz CT molecular complexity index is 905. The number of benzene rings is 1. The van der Waals surface area contributed by atoms with Gasteiger partial charge in [0, 0.05) is 15.6 Å². The highest BCUT2D eigenvalue weighted by Gasteiger charge is 2.25. The van der Waals surface area contributed by atoms with E-state index in [0.717, 1.165) is 6.26 Å². The summed E-state index contributed by atoms with van der Waals surface area (Å²) in [5.41, 5.74) is 0.213. The number of rotatable bonds is 6. The van der Waals surface area contributed by atoms with E-state index in [1.165, 1.54) is 12.1 Å². The first kappa shape index (κ1) is 18.1. The van der Waals surface area contributed by atoms with E-state index in [9.17, 15) is 16.8 Å². The van der Waals surface area contributed by atoms with Crippen LogP contribution in [0.5, 0.6) is 0 Å². The fourth-order valence-electron chi connectivity index (χ4n) is 1.55. The van der Waals surface area contributed by atoms with Gasteiger partial charge in [-0.3, -0.25) is 0 Å². The van der Waals surface area contributed by atoms with Gasteiger partial charge in [-0.25, -0.2) is 21.6 Å². The van der Waals surface area contributed by atoms with Crippen molar-refractivity contribution in [2.45, 2.75) is 17.5 Å². The summed E-state index contributed by atoms with van der Waals surface area (Å²) >= 11 is 11.9. The van der Waals surface area contributed by atoms with E-state index in [1.807, 2.05) is 0 Å². The summed E-state index contributed by atoms with van der Waals surface area (Å²) in [7, 11) is -7.45. The van der Waals surface area contributed by atoms with Crippen molar-refractivity contribution in [3.05, 3.63) is 39.7 Å². The minimum Gasteiger partial charge on any atom is -0.411 e. The molecule has 12 heteroatoms. The van der Waals surface area contributed by atoms with Gasteiger partial charge in [0.25, 0.3) is 0 Å². The molecule has 0 radical (unpaired) electrons. The second kappa shape index (κ2) is 6.73. The van der Waals surface area contributed by atoms with E-state index in [1.54, 1.807) is 6.07 Å².